The molecule has 1 aliphatic heterocycles. The normalized spacial score (nSPS) is 24.7. The molecule has 3 unspecified atom stereocenters. The van der Waals surface area contributed by atoms with Crippen LogP contribution in [0.3, 0.4) is 0 Å². The van der Waals surface area contributed by atoms with Gasteiger partial charge in [0.15, 0.2) is 0 Å². The van der Waals surface area contributed by atoms with Gasteiger partial charge in [-0.25, -0.2) is 0 Å². The van der Waals surface area contributed by atoms with Crippen LogP contribution in [0.5, 0.6) is 17.2 Å². The summed E-state index contributed by atoms with van der Waals surface area (Å²) in [6.45, 7) is 3.76. The van der Waals surface area contributed by atoms with Crippen molar-refractivity contribution in [3.63, 3.8) is 0 Å². The fourth-order valence-electron chi connectivity index (χ4n) is 3.24. The number of hydrogen-bond donors (Lipinski definition) is 0. The summed E-state index contributed by atoms with van der Waals surface area (Å²) >= 11 is 0. The summed E-state index contributed by atoms with van der Waals surface area (Å²) in [6, 6.07) is 9.11. The molecule has 23 heavy (non-hydrogen) atoms. The van der Waals surface area contributed by atoms with E-state index < -0.39 is 11.7 Å². The van der Waals surface area contributed by atoms with Gasteiger partial charge in [0.25, 0.3) is 0 Å². The van der Waals surface area contributed by atoms with E-state index in [2.05, 4.69) is 6.92 Å². The molecule has 2 aliphatic rings. The summed E-state index contributed by atoms with van der Waals surface area (Å²) in [5.74, 6) is 2.84. The Labute approximate surface area is 131 Å². The van der Waals surface area contributed by atoms with Crippen LogP contribution in [-0.2, 0) is 6.18 Å². The van der Waals surface area contributed by atoms with Gasteiger partial charge in [-0.3, -0.25) is 0 Å². The quantitative estimate of drug-likeness (QED) is 0.747. The Hall–Kier alpha value is -2.17. The van der Waals surface area contributed by atoms with Crippen LogP contribution >= 0.6 is 0 Å². The summed E-state index contributed by atoms with van der Waals surface area (Å²) in [4.78, 5) is 0. The van der Waals surface area contributed by atoms with Crippen LogP contribution in [0, 0.1) is 12.8 Å². The molecule has 4 rings (SSSR count). The highest BCUT2D eigenvalue weighted by molar-refractivity contribution is 5.52. The maximum atomic E-state index is 12.7. The van der Waals surface area contributed by atoms with Gasteiger partial charge in [0, 0.05) is 23.5 Å². The molecule has 1 aliphatic carbocycles. The molecule has 2 aromatic rings. The van der Waals surface area contributed by atoms with Gasteiger partial charge in [-0.05, 0) is 36.8 Å². The zero-order valence-electron chi connectivity index (χ0n) is 12.6. The smallest absolute Gasteiger partial charge is 0.416 e. The Morgan fingerprint density at radius 2 is 1.87 bits per heavy atom. The molecule has 0 aromatic heterocycles. The van der Waals surface area contributed by atoms with Crippen molar-refractivity contribution >= 4 is 0 Å². The fraction of sp³-hybridized carbons (Fsp3) is 0.333. The van der Waals surface area contributed by atoms with Gasteiger partial charge in [0.05, 0.1) is 5.56 Å². The first-order valence-corrected chi connectivity index (χ1v) is 7.51. The average Bonchev–Trinajstić information content (AvgIpc) is 2.94. The molecule has 0 radical (unpaired) electrons. The lowest BCUT2D eigenvalue weighted by Gasteiger charge is -2.13. The summed E-state index contributed by atoms with van der Waals surface area (Å²) < 4.78 is 49.6. The number of halogens is 3. The van der Waals surface area contributed by atoms with Gasteiger partial charge < -0.3 is 9.47 Å². The van der Waals surface area contributed by atoms with E-state index in [1.54, 1.807) is 6.92 Å². The fourth-order valence-corrected chi connectivity index (χ4v) is 3.24. The Morgan fingerprint density at radius 3 is 2.57 bits per heavy atom. The van der Waals surface area contributed by atoms with Crippen molar-refractivity contribution in [2.45, 2.75) is 32.0 Å². The molecule has 1 heterocycles. The second-order valence-corrected chi connectivity index (χ2v) is 6.25. The minimum absolute atomic E-state index is 0.271. The Kier molecular flexibility index (Phi) is 2.92. The molecular weight excluding hydrogens is 305 g/mol. The van der Waals surface area contributed by atoms with Crippen LogP contribution in [0.1, 0.15) is 29.5 Å². The van der Waals surface area contributed by atoms with E-state index in [0.717, 1.165) is 17.9 Å². The standard InChI is InChI=1S/C18H15F3O2/c1-9-7-11(18(19,20)21)3-6-14(9)22-12-4-5-13-15(8-12)23-17-10(2)16(13)17/h3-8,10,16-17H,1-2H3. The molecule has 2 nitrogen and oxygen atoms in total. The number of alkyl halides is 3. The predicted octanol–water partition coefficient (Wildman–Crippen LogP) is 5.30. The largest absolute Gasteiger partial charge is 0.489 e. The average molecular weight is 320 g/mol. The highest BCUT2D eigenvalue weighted by Crippen LogP contribution is 2.58. The van der Waals surface area contributed by atoms with E-state index in [1.165, 1.54) is 11.6 Å². The molecule has 5 heteroatoms. The van der Waals surface area contributed by atoms with E-state index in [4.69, 9.17) is 9.47 Å². The van der Waals surface area contributed by atoms with Crippen LogP contribution in [0.4, 0.5) is 13.2 Å². The van der Waals surface area contributed by atoms with Crippen molar-refractivity contribution in [2.75, 3.05) is 0 Å². The number of fused-ring (bicyclic) bond motifs is 3. The lowest BCUT2D eigenvalue weighted by molar-refractivity contribution is -0.137. The minimum atomic E-state index is -4.34. The van der Waals surface area contributed by atoms with Gasteiger partial charge in [-0.1, -0.05) is 13.0 Å². The lowest BCUT2D eigenvalue weighted by Crippen LogP contribution is -2.05. The van der Waals surface area contributed by atoms with Crippen LogP contribution in [-0.4, -0.2) is 6.10 Å². The molecule has 0 spiro atoms. The van der Waals surface area contributed by atoms with E-state index in [1.807, 2.05) is 18.2 Å². The molecule has 1 fully saturated rings. The first-order valence-electron chi connectivity index (χ1n) is 7.51. The topological polar surface area (TPSA) is 18.5 Å². The van der Waals surface area contributed by atoms with Crippen LogP contribution in [0.15, 0.2) is 36.4 Å². The minimum Gasteiger partial charge on any atom is -0.489 e. The zero-order valence-corrected chi connectivity index (χ0v) is 12.6. The van der Waals surface area contributed by atoms with Gasteiger partial charge in [-0.2, -0.15) is 13.2 Å². The molecule has 0 saturated heterocycles. The second-order valence-electron chi connectivity index (χ2n) is 6.25. The maximum Gasteiger partial charge on any atom is 0.416 e. The summed E-state index contributed by atoms with van der Waals surface area (Å²) in [5.41, 5.74) is 0.963. The van der Waals surface area contributed by atoms with Crippen molar-refractivity contribution in [1.29, 1.82) is 0 Å². The Balaban J connectivity index is 1.57. The number of aryl methyl sites for hydroxylation is 1. The van der Waals surface area contributed by atoms with Crippen LogP contribution in [0.2, 0.25) is 0 Å². The number of rotatable bonds is 2. The van der Waals surface area contributed by atoms with Crippen molar-refractivity contribution < 1.29 is 22.6 Å². The molecule has 1 saturated carbocycles. The van der Waals surface area contributed by atoms with Crippen LogP contribution < -0.4 is 9.47 Å². The first-order chi connectivity index (χ1) is 10.8. The number of ether oxygens (including phenoxy) is 2. The van der Waals surface area contributed by atoms with E-state index in [9.17, 15) is 13.2 Å². The molecule has 0 amide bonds. The molecule has 0 bridgehead atoms. The highest BCUT2D eigenvalue weighted by atomic mass is 19.4. The molecule has 120 valence electrons. The molecule has 0 N–H and O–H groups in total. The van der Waals surface area contributed by atoms with Crippen molar-refractivity contribution in [2.24, 2.45) is 5.92 Å². The SMILES string of the molecule is Cc1cc(C(F)(F)F)ccc1Oc1ccc2c(c1)OC1C(C)C21. The second kappa shape index (κ2) is 4.66. The van der Waals surface area contributed by atoms with Gasteiger partial charge in [-0.15, -0.1) is 0 Å². The highest BCUT2D eigenvalue weighted by Gasteiger charge is 2.55. The Bertz CT molecular complexity index is 782. The molecule has 2 aromatic carbocycles. The van der Waals surface area contributed by atoms with Crippen molar-refractivity contribution in [3.05, 3.63) is 53.1 Å². The predicted molar refractivity (Wildman–Crippen MR) is 79.0 cm³/mol. The van der Waals surface area contributed by atoms with Gasteiger partial charge >= 0.3 is 6.18 Å². The summed E-state index contributed by atoms with van der Waals surface area (Å²) in [6.07, 6.45) is -4.07. The van der Waals surface area contributed by atoms with E-state index >= 15 is 0 Å². The van der Waals surface area contributed by atoms with E-state index in [0.29, 0.717) is 28.9 Å². The third-order valence-corrected chi connectivity index (χ3v) is 4.63. The van der Waals surface area contributed by atoms with Gasteiger partial charge in [0.1, 0.15) is 23.4 Å². The van der Waals surface area contributed by atoms with Crippen LogP contribution in [0.25, 0.3) is 0 Å². The summed E-state index contributed by atoms with van der Waals surface area (Å²) in [5, 5.41) is 0. The summed E-state index contributed by atoms with van der Waals surface area (Å²) in [7, 11) is 0. The maximum absolute atomic E-state index is 12.7. The number of hydrogen-bond acceptors (Lipinski definition) is 2. The third kappa shape index (κ3) is 2.35. The third-order valence-electron chi connectivity index (χ3n) is 4.63. The Morgan fingerprint density at radius 1 is 1.09 bits per heavy atom. The zero-order chi connectivity index (χ0) is 16.4. The van der Waals surface area contributed by atoms with Crippen molar-refractivity contribution in [1.82, 2.24) is 0 Å². The van der Waals surface area contributed by atoms with Crippen molar-refractivity contribution in [3.8, 4) is 17.2 Å². The molecular formula is C18H15F3O2. The number of benzene rings is 2. The van der Waals surface area contributed by atoms with E-state index in [-0.39, 0.29) is 6.10 Å². The van der Waals surface area contributed by atoms with Gasteiger partial charge in [0.2, 0.25) is 0 Å². The first kappa shape index (κ1) is 14.4. The lowest BCUT2D eigenvalue weighted by atomic mass is 10.1. The monoisotopic (exact) mass is 320 g/mol. The molecule has 3 atom stereocenters.